The van der Waals surface area contributed by atoms with E-state index in [-0.39, 0.29) is 17.7 Å². The number of nitrogens with zero attached hydrogens (tertiary/aromatic N) is 4. The molecule has 0 aliphatic carbocycles. The number of hydrogen-bond acceptors (Lipinski definition) is 5. The van der Waals surface area contributed by atoms with Crippen LogP contribution in [-0.2, 0) is 17.9 Å². The first-order valence-corrected chi connectivity index (χ1v) is 6.94. The van der Waals surface area contributed by atoms with E-state index in [9.17, 15) is 18.8 Å². The van der Waals surface area contributed by atoms with Gasteiger partial charge in [0.25, 0.3) is 5.56 Å². The van der Waals surface area contributed by atoms with Gasteiger partial charge in [-0.15, -0.1) is 0 Å². The van der Waals surface area contributed by atoms with Crippen LogP contribution in [0.1, 0.15) is 5.56 Å². The van der Waals surface area contributed by atoms with Crippen LogP contribution in [0.4, 0.5) is 4.39 Å². The summed E-state index contributed by atoms with van der Waals surface area (Å²) in [6.45, 7) is -0.527. The van der Waals surface area contributed by atoms with Crippen molar-refractivity contribution >= 4 is 17.1 Å². The molecule has 0 spiro atoms. The Balaban J connectivity index is 2.23. The van der Waals surface area contributed by atoms with E-state index in [1.54, 1.807) is 0 Å². The summed E-state index contributed by atoms with van der Waals surface area (Å²) in [6, 6.07) is 5.37. The van der Waals surface area contributed by atoms with Gasteiger partial charge in [0.15, 0.2) is 11.2 Å². The molecule has 0 fully saturated rings. The number of amides is 1. The summed E-state index contributed by atoms with van der Waals surface area (Å²) >= 11 is 0. The SMILES string of the molecule is NC(=O)Cn1c(=O)n(Cc2ccc(F)cc2)c(=O)c2nccnc21. The smallest absolute Gasteiger partial charge is 0.333 e. The molecule has 2 N–H and O–H groups in total. The Morgan fingerprint density at radius 2 is 1.75 bits per heavy atom. The standard InChI is InChI=1S/C15H12FN5O3/c16-10-3-1-9(2-4-10)7-21-14(23)12-13(19-6-5-18-12)20(15(21)24)8-11(17)22/h1-6H,7-8H2,(H2,17,22). The van der Waals surface area contributed by atoms with E-state index in [1.165, 1.54) is 36.7 Å². The summed E-state index contributed by atoms with van der Waals surface area (Å²) < 4.78 is 14.9. The van der Waals surface area contributed by atoms with Crippen molar-refractivity contribution in [1.29, 1.82) is 0 Å². The van der Waals surface area contributed by atoms with Gasteiger partial charge >= 0.3 is 5.69 Å². The van der Waals surface area contributed by atoms with Gasteiger partial charge < -0.3 is 5.73 Å². The lowest BCUT2D eigenvalue weighted by molar-refractivity contribution is -0.118. The molecule has 8 nitrogen and oxygen atoms in total. The number of rotatable bonds is 4. The van der Waals surface area contributed by atoms with Gasteiger partial charge in [0.1, 0.15) is 12.4 Å². The van der Waals surface area contributed by atoms with Crippen molar-refractivity contribution in [2.45, 2.75) is 13.1 Å². The summed E-state index contributed by atoms with van der Waals surface area (Å²) in [5, 5.41) is 0. The molecule has 1 amide bonds. The number of benzene rings is 1. The molecule has 3 aromatic rings. The first-order chi connectivity index (χ1) is 11.5. The minimum Gasteiger partial charge on any atom is -0.368 e. The molecule has 0 saturated heterocycles. The molecule has 0 aliphatic heterocycles. The molecule has 3 rings (SSSR count). The summed E-state index contributed by atoms with van der Waals surface area (Å²) in [5.41, 5.74) is 4.26. The zero-order valence-electron chi connectivity index (χ0n) is 12.3. The molecular formula is C15H12FN5O3. The number of hydrogen-bond donors (Lipinski definition) is 1. The number of fused-ring (bicyclic) bond motifs is 1. The molecule has 0 saturated carbocycles. The van der Waals surface area contributed by atoms with E-state index in [1.807, 2.05) is 0 Å². The van der Waals surface area contributed by atoms with Gasteiger partial charge in [-0.2, -0.15) is 0 Å². The summed E-state index contributed by atoms with van der Waals surface area (Å²) in [7, 11) is 0. The molecule has 0 aliphatic rings. The lowest BCUT2D eigenvalue weighted by Crippen LogP contribution is -2.42. The van der Waals surface area contributed by atoms with Crippen molar-refractivity contribution in [2.24, 2.45) is 5.73 Å². The molecule has 9 heteroatoms. The Labute approximate surface area is 134 Å². The molecule has 2 heterocycles. The van der Waals surface area contributed by atoms with Crippen LogP contribution in [0.3, 0.4) is 0 Å². The second-order valence-electron chi connectivity index (χ2n) is 5.08. The molecule has 0 radical (unpaired) electrons. The topological polar surface area (TPSA) is 113 Å². The Morgan fingerprint density at radius 1 is 1.08 bits per heavy atom. The summed E-state index contributed by atoms with van der Waals surface area (Å²) in [4.78, 5) is 44.2. The Kier molecular flexibility index (Phi) is 3.90. The Hall–Kier alpha value is -3.36. The van der Waals surface area contributed by atoms with Gasteiger partial charge in [0, 0.05) is 12.4 Å². The number of carbonyl (C=O) groups is 1. The number of aromatic nitrogens is 4. The van der Waals surface area contributed by atoms with Gasteiger partial charge in [-0.05, 0) is 17.7 Å². The Bertz CT molecular complexity index is 1040. The van der Waals surface area contributed by atoms with Gasteiger partial charge in [-0.3, -0.25) is 18.7 Å². The largest absolute Gasteiger partial charge is 0.368 e. The average Bonchev–Trinajstić information content (AvgIpc) is 2.57. The van der Waals surface area contributed by atoms with Crippen LogP contribution in [0.15, 0.2) is 46.2 Å². The maximum atomic E-state index is 13.0. The molecule has 24 heavy (non-hydrogen) atoms. The minimum atomic E-state index is -0.754. The quantitative estimate of drug-likeness (QED) is 0.701. The van der Waals surface area contributed by atoms with Crippen molar-refractivity contribution < 1.29 is 9.18 Å². The van der Waals surface area contributed by atoms with Gasteiger partial charge in [0.05, 0.1) is 6.54 Å². The minimum absolute atomic E-state index is 0.0124. The van der Waals surface area contributed by atoms with Crippen LogP contribution in [0.25, 0.3) is 11.2 Å². The van der Waals surface area contributed by atoms with Crippen LogP contribution in [0, 0.1) is 5.82 Å². The lowest BCUT2D eigenvalue weighted by atomic mass is 10.2. The molecule has 2 aromatic heterocycles. The first kappa shape index (κ1) is 15.5. The zero-order valence-corrected chi connectivity index (χ0v) is 12.3. The molecule has 0 atom stereocenters. The molecular weight excluding hydrogens is 317 g/mol. The van der Waals surface area contributed by atoms with Crippen molar-refractivity contribution in [3.05, 3.63) is 68.9 Å². The van der Waals surface area contributed by atoms with Crippen LogP contribution in [0.2, 0.25) is 0 Å². The van der Waals surface area contributed by atoms with Crippen LogP contribution >= 0.6 is 0 Å². The molecule has 1 aromatic carbocycles. The highest BCUT2D eigenvalue weighted by molar-refractivity contribution is 5.76. The highest BCUT2D eigenvalue weighted by atomic mass is 19.1. The van der Waals surface area contributed by atoms with E-state index in [2.05, 4.69) is 9.97 Å². The predicted octanol–water partition coefficient (Wildman–Crippen LogP) is -0.374. The third kappa shape index (κ3) is 2.78. The fourth-order valence-electron chi connectivity index (χ4n) is 2.34. The average molecular weight is 329 g/mol. The van der Waals surface area contributed by atoms with Crippen molar-refractivity contribution in [2.75, 3.05) is 0 Å². The molecule has 122 valence electrons. The molecule has 0 bridgehead atoms. The van der Waals surface area contributed by atoms with E-state index >= 15 is 0 Å². The van der Waals surface area contributed by atoms with Crippen LogP contribution in [0.5, 0.6) is 0 Å². The monoisotopic (exact) mass is 329 g/mol. The second kappa shape index (κ2) is 6.03. The zero-order chi connectivity index (χ0) is 17.3. The maximum Gasteiger partial charge on any atom is 0.333 e. The predicted molar refractivity (Wildman–Crippen MR) is 82.8 cm³/mol. The fourth-order valence-corrected chi connectivity index (χ4v) is 2.34. The third-order valence-corrected chi connectivity index (χ3v) is 3.41. The van der Waals surface area contributed by atoms with Crippen molar-refractivity contribution in [3.63, 3.8) is 0 Å². The first-order valence-electron chi connectivity index (χ1n) is 6.94. The number of nitrogens with two attached hydrogens (primary N) is 1. The summed E-state index contributed by atoms with van der Waals surface area (Å²) in [5.74, 6) is -1.18. The van der Waals surface area contributed by atoms with Crippen LogP contribution < -0.4 is 17.0 Å². The van der Waals surface area contributed by atoms with Gasteiger partial charge in [-0.1, -0.05) is 12.1 Å². The van der Waals surface area contributed by atoms with Crippen molar-refractivity contribution in [3.8, 4) is 0 Å². The highest BCUT2D eigenvalue weighted by Crippen LogP contribution is 2.05. The number of carbonyl (C=O) groups excluding carboxylic acids is 1. The second-order valence-corrected chi connectivity index (χ2v) is 5.08. The van der Waals surface area contributed by atoms with E-state index in [4.69, 9.17) is 5.73 Å². The fraction of sp³-hybridized carbons (Fsp3) is 0.133. The van der Waals surface area contributed by atoms with E-state index < -0.39 is 29.5 Å². The Morgan fingerprint density at radius 3 is 2.42 bits per heavy atom. The number of halogens is 1. The number of primary amides is 1. The lowest BCUT2D eigenvalue weighted by Gasteiger charge is -2.11. The van der Waals surface area contributed by atoms with Crippen LogP contribution in [-0.4, -0.2) is 25.0 Å². The third-order valence-electron chi connectivity index (χ3n) is 3.41. The van der Waals surface area contributed by atoms with E-state index in [0.717, 1.165) is 9.13 Å². The molecule has 0 unspecified atom stereocenters. The van der Waals surface area contributed by atoms with Crippen molar-refractivity contribution in [1.82, 2.24) is 19.1 Å². The highest BCUT2D eigenvalue weighted by Gasteiger charge is 2.16. The van der Waals surface area contributed by atoms with E-state index in [0.29, 0.717) is 5.56 Å². The summed E-state index contributed by atoms with van der Waals surface area (Å²) in [6.07, 6.45) is 2.62. The maximum absolute atomic E-state index is 13.0. The van der Waals surface area contributed by atoms with Gasteiger partial charge in [0.2, 0.25) is 5.91 Å². The normalized spacial score (nSPS) is 10.9. The van der Waals surface area contributed by atoms with Gasteiger partial charge in [-0.25, -0.2) is 19.2 Å².